The predicted molar refractivity (Wildman–Crippen MR) is 106 cm³/mol. The number of hydrogen-bond acceptors (Lipinski definition) is 5. The molecule has 0 saturated carbocycles. The molecule has 0 bridgehead atoms. The summed E-state index contributed by atoms with van der Waals surface area (Å²) in [5.74, 6) is -3.29. The molecule has 0 atom stereocenters. The van der Waals surface area contributed by atoms with Crippen molar-refractivity contribution in [3.63, 3.8) is 0 Å². The van der Waals surface area contributed by atoms with E-state index >= 15 is 0 Å². The van der Waals surface area contributed by atoms with Crippen LogP contribution < -0.4 is 10.1 Å². The van der Waals surface area contributed by atoms with Crippen molar-refractivity contribution in [3.05, 3.63) is 59.7 Å². The Balaban J connectivity index is 2.13. The summed E-state index contributed by atoms with van der Waals surface area (Å²) in [6.45, 7) is 0. The zero-order valence-electron chi connectivity index (χ0n) is 15.5. The SMILES string of the molecule is COc1cc(C(=O)/C=C/c2cccc(NC(=O)C(F)(F)F)c2)ccc1SCC(=O)O. The van der Waals surface area contributed by atoms with Crippen molar-refractivity contribution in [2.24, 2.45) is 0 Å². The summed E-state index contributed by atoms with van der Waals surface area (Å²) in [6.07, 6.45) is -2.38. The van der Waals surface area contributed by atoms with E-state index in [1.165, 1.54) is 49.6 Å². The van der Waals surface area contributed by atoms with Gasteiger partial charge in [0.1, 0.15) is 5.75 Å². The highest BCUT2D eigenvalue weighted by Crippen LogP contribution is 2.30. The predicted octanol–water partition coefficient (Wildman–Crippen LogP) is 4.27. The molecule has 30 heavy (non-hydrogen) atoms. The third-order valence-corrected chi connectivity index (χ3v) is 4.67. The van der Waals surface area contributed by atoms with Gasteiger partial charge in [0.25, 0.3) is 0 Å². The summed E-state index contributed by atoms with van der Waals surface area (Å²) in [5, 5.41) is 10.5. The molecule has 0 aliphatic carbocycles. The second-order valence-corrected chi connectivity index (χ2v) is 6.84. The number of ether oxygens (including phenoxy) is 1. The molecule has 2 aromatic carbocycles. The normalized spacial score (nSPS) is 11.3. The van der Waals surface area contributed by atoms with Gasteiger partial charge in [-0.25, -0.2) is 0 Å². The van der Waals surface area contributed by atoms with Crippen molar-refractivity contribution in [1.29, 1.82) is 0 Å². The van der Waals surface area contributed by atoms with Crippen LogP contribution in [0.15, 0.2) is 53.4 Å². The molecule has 0 fully saturated rings. The molecule has 1 amide bonds. The number of aliphatic carboxylic acids is 1. The average molecular weight is 439 g/mol. The van der Waals surface area contributed by atoms with E-state index < -0.39 is 23.8 Å². The maximum absolute atomic E-state index is 12.4. The molecule has 158 valence electrons. The third kappa shape index (κ3) is 6.66. The van der Waals surface area contributed by atoms with E-state index in [0.717, 1.165) is 11.8 Å². The summed E-state index contributed by atoms with van der Waals surface area (Å²) >= 11 is 1.05. The van der Waals surface area contributed by atoms with Gasteiger partial charge in [-0.15, -0.1) is 11.8 Å². The molecule has 0 radical (unpaired) electrons. The molecule has 2 rings (SSSR count). The summed E-state index contributed by atoms with van der Waals surface area (Å²) in [7, 11) is 1.39. The van der Waals surface area contributed by atoms with Crippen LogP contribution in [0, 0.1) is 0 Å². The number of carbonyl (C=O) groups is 3. The standard InChI is InChI=1S/C20H16F3NO5S/c1-29-16-10-13(6-8-17(16)30-11-18(26)27)15(25)7-5-12-3-2-4-14(9-12)24-19(28)20(21,22)23/h2-10H,11H2,1H3,(H,24,28)(H,26,27)/b7-5+. The van der Waals surface area contributed by atoms with Crippen LogP contribution in [-0.2, 0) is 9.59 Å². The molecule has 0 aliphatic rings. The number of carbonyl (C=O) groups excluding carboxylic acids is 2. The number of nitrogens with one attached hydrogen (secondary N) is 1. The highest BCUT2D eigenvalue weighted by atomic mass is 32.2. The van der Waals surface area contributed by atoms with Crippen molar-refractivity contribution in [1.82, 2.24) is 0 Å². The van der Waals surface area contributed by atoms with Crippen molar-refractivity contribution in [2.75, 3.05) is 18.2 Å². The van der Waals surface area contributed by atoms with Gasteiger partial charge in [-0.2, -0.15) is 13.2 Å². The largest absolute Gasteiger partial charge is 0.496 e. The number of thioether (sulfide) groups is 1. The smallest absolute Gasteiger partial charge is 0.471 e. The van der Waals surface area contributed by atoms with Crippen LogP contribution in [-0.4, -0.2) is 41.8 Å². The van der Waals surface area contributed by atoms with Gasteiger partial charge in [-0.3, -0.25) is 14.4 Å². The average Bonchev–Trinajstić information content (AvgIpc) is 2.69. The minimum Gasteiger partial charge on any atom is -0.496 e. The van der Waals surface area contributed by atoms with Crippen LogP contribution >= 0.6 is 11.8 Å². The van der Waals surface area contributed by atoms with Gasteiger partial charge in [0.05, 0.1) is 12.9 Å². The lowest BCUT2D eigenvalue weighted by molar-refractivity contribution is -0.167. The lowest BCUT2D eigenvalue weighted by Gasteiger charge is -2.09. The first-order valence-electron chi connectivity index (χ1n) is 8.33. The Hall–Kier alpha value is -3.27. The number of benzene rings is 2. The minimum absolute atomic E-state index is 0.0617. The zero-order chi connectivity index (χ0) is 22.3. The first kappa shape index (κ1) is 23.0. The molecule has 0 unspecified atom stereocenters. The Morgan fingerprint density at radius 1 is 1.17 bits per heavy atom. The highest BCUT2D eigenvalue weighted by molar-refractivity contribution is 8.00. The van der Waals surface area contributed by atoms with Crippen LogP contribution in [0.5, 0.6) is 5.75 Å². The molecular formula is C20H16F3NO5S. The monoisotopic (exact) mass is 439 g/mol. The number of allylic oxidation sites excluding steroid dienone is 1. The van der Waals surface area contributed by atoms with Crippen LogP contribution in [0.3, 0.4) is 0 Å². The van der Waals surface area contributed by atoms with E-state index in [-0.39, 0.29) is 17.0 Å². The van der Waals surface area contributed by atoms with Crippen LogP contribution in [0.25, 0.3) is 6.08 Å². The van der Waals surface area contributed by atoms with Gasteiger partial charge in [0.2, 0.25) is 0 Å². The van der Waals surface area contributed by atoms with Crippen molar-refractivity contribution in [3.8, 4) is 5.75 Å². The number of hydrogen-bond donors (Lipinski definition) is 2. The van der Waals surface area contributed by atoms with Gasteiger partial charge < -0.3 is 15.2 Å². The molecule has 2 aromatic rings. The fraction of sp³-hybridized carbons (Fsp3) is 0.150. The van der Waals surface area contributed by atoms with Gasteiger partial charge in [-0.05, 0) is 42.0 Å². The molecule has 10 heteroatoms. The maximum atomic E-state index is 12.4. The topological polar surface area (TPSA) is 92.7 Å². The number of halogens is 3. The zero-order valence-corrected chi connectivity index (χ0v) is 16.3. The Kier molecular flexibility index (Phi) is 7.65. The van der Waals surface area contributed by atoms with Gasteiger partial charge in [-0.1, -0.05) is 18.2 Å². The fourth-order valence-corrected chi connectivity index (χ4v) is 3.00. The number of ketones is 1. The number of amides is 1. The quantitative estimate of drug-likeness (QED) is 0.363. The summed E-state index contributed by atoms with van der Waals surface area (Å²) in [5.41, 5.74) is 0.627. The molecule has 6 nitrogen and oxygen atoms in total. The van der Waals surface area contributed by atoms with E-state index in [4.69, 9.17) is 9.84 Å². The molecule has 2 N–H and O–H groups in total. The molecule has 0 saturated heterocycles. The van der Waals surface area contributed by atoms with E-state index in [2.05, 4.69) is 0 Å². The Morgan fingerprint density at radius 3 is 2.53 bits per heavy atom. The van der Waals surface area contributed by atoms with Gasteiger partial charge >= 0.3 is 18.1 Å². The molecule has 0 heterocycles. The molecule has 0 aromatic heterocycles. The van der Waals surface area contributed by atoms with E-state index in [0.29, 0.717) is 16.2 Å². The van der Waals surface area contributed by atoms with Crippen LogP contribution in [0.4, 0.5) is 18.9 Å². The van der Waals surface area contributed by atoms with E-state index in [9.17, 15) is 27.6 Å². The van der Waals surface area contributed by atoms with E-state index in [1.807, 2.05) is 0 Å². The first-order chi connectivity index (χ1) is 14.1. The number of methoxy groups -OCH3 is 1. The van der Waals surface area contributed by atoms with Gasteiger partial charge in [0, 0.05) is 16.1 Å². The van der Waals surface area contributed by atoms with Crippen molar-refractivity contribution >= 4 is 41.2 Å². The molecule has 0 spiro atoms. The van der Waals surface area contributed by atoms with Gasteiger partial charge in [0.15, 0.2) is 5.78 Å². The third-order valence-electron chi connectivity index (χ3n) is 3.63. The second-order valence-electron chi connectivity index (χ2n) is 5.82. The minimum atomic E-state index is -5.00. The second kappa shape index (κ2) is 9.97. The number of carboxylic acids is 1. The summed E-state index contributed by atoms with van der Waals surface area (Å²) in [6, 6.07) is 10.1. The number of rotatable bonds is 8. The number of carboxylic acid groups (broad SMARTS) is 1. The Labute approximate surface area is 173 Å². The van der Waals surface area contributed by atoms with Crippen LogP contribution in [0.2, 0.25) is 0 Å². The maximum Gasteiger partial charge on any atom is 0.471 e. The Morgan fingerprint density at radius 2 is 1.90 bits per heavy atom. The number of anilines is 1. The first-order valence-corrected chi connectivity index (χ1v) is 9.32. The number of alkyl halides is 3. The lowest BCUT2D eigenvalue weighted by Crippen LogP contribution is -2.29. The van der Waals surface area contributed by atoms with Crippen LogP contribution in [0.1, 0.15) is 15.9 Å². The molecular weight excluding hydrogens is 423 g/mol. The highest BCUT2D eigenvalue weighted by Gasteiger charge is 2.38. The fourth-order valence-electron chi connectivity index (χ4n) is 2.27. The lowest BCUT2D eigenvalue weighted by atomic mass is 10.1. The van der Waals surface area contributed by atoms with Crippen molar-refractivity contribution < 1.29 is 37.4 Å². The van der Waals surface area contributed by atoms with E-state index in [1.54, 1.807) is 17.4 Å². The summed E-state index contributed by atoms with van der Waals surface area (Å²) < 4.78 is 42.2. The molecule has 0 aliphatic heterocycles. The summed E-state index contributed by atoms with van der Waals surface area (Å²) in [4.78, 5) is 34.7. The Bertz CT molecular complexity index is 989. The van der Waals surface area contributed by atoms with Crippen molar-refractivity contribution in [2.45, 2.75) is 11.1 Å².